The molecule has 1 unspecified atom stereocenters. The van der Waals surface area contributed by atoms with Crippen LogP contribution >= 0.6 is 0 Å². The van der Waals surface area contributed by atoms with E-state index in [-0.39, 0.29) is 24.8 Å². The lowest BCUT2D eigenvalue weighted by molar-refractivity contribution is -0.123. The largest absolute Gasteiger partial charge is 0.368 e. The van der Waals surface area contributed by atoms with E-state index in [1.165, 1.54) is 29.2 Å². The first kappa shape index (κ1) is 11.5. The number of hydrogen-bond acceptors (Lipinski definition) is 3. The fourth-order valence-corrected chi connectivity index (χ4v) is 1.72. The van der Waals surface area contributed by atoms with Crippen LogP contribution in [0, 0.1) is 5.82 Å². The lowest BCUT2D eigenvalue weighted by atomic mass is 10.1. The van der Waals surface area contributed by atoms with Crippen molar-refractivity contribution in [1.29, 1.82) is 0 Å². The minimum Gasteiger partial charge on any atom is -0.368 e. The summed E-state index contributed by atoms with van der Waals surface area (Å²) in [6, 6.07) is 4.96. The van der Waals surface area contributed by atoms with Crippen LogP contribution in [0.2, 0.25) is 0 Å². The fourth-order valence-electron chi connectivity index (χ4n) is 1.72. The van der Waals surface area contributed by atoms with Gasteiger partial charge in [-0.1, -0.05) is 0 Å². The molecule has 0 bridgehead atoms. The van der Waals surface area contributed by atoms with Gasteiger partial charge in [0.15, 0.2) is 0 Å². The molecule has 1 aliphatic heterocycles. The number of amides is 2. The lowest BCUT2D eigenvalue weighted by Crippen LogP contribution is -2.58. The molecule has 1 heterocycles. The second-order valence-corrected chi connectivity index (χ2v) is 3.82. The van der Waals surface area contributed by atoms with Crippen LogP contribution in [0.3, 0.4) is 0 Å². The number of piperazine rings is 1. The molecule has 1 aromatic carbocycles. The van der Waals surface area contributed by atoms with Crippen LogP contribution in [-0.4, -0.2) is 30.9 Å². The number of rotatable bonds is 2. The zero-order valence-electron chi connectivity index (χ0n) is 9.02. The Morgan fingerprint density at radius 1 is 1.41 bits per heavy atom. The summed E-state index contributed by atoms with van der Waals surface area (Å²) in [4.78, 5) is 24.1. The third-order valence-electron chi connectivity index (χ3n) is 2.65. The van der Waals surface area contributed by atoms with Crippen LogP contribution in [0.15, 0.2) is 24.3 Å². The van der Waals surface area contributed by atoms with E-state index in [1.54, 1.807) is 0 Å². The number of anilines is 1. The van der Waals surface area contributed by atoms with Gasteiger partial charge in [0.2, 0.25) is 11.8 Å². The van der Waals surface area contributed by atoms with Crippen molar-refractivity contribution in [3.8, 4) is 0 Å². The summed E-state index contributed by atoms with van der Waals surface area (Å²) in [5, 5.41) is 2.74. The standard InChI is InChI=1S/C11H12FN3O2/c12-7-1-3-8(4-2-7)15-6-9(11(13)17)14-5-10(15)16/h1-4,9,14H,5-6H2,(H2,13,17). The molecule has 1 fully saturated rings. The first-order valence-corrected chi connectivity index (χ1v) is 5.16. The highest BCUT2D eigenvalue weighted by Gasteiger charge is 2.29. The molecule has 17 heavy (non-hydrogen) atoms. The average Bonchev–Trinajstić information content (AvgIpc) is 2.31. The molecule has 1 saturated heterocycles. The summed E-state index contributed by atoms with van der Waals surface area (Å²) in [5.74, 6) is -1.05. The van der Waals surface area contributed by atoms with Crippen LogP contribution in [0.1, 0.15) is 0 Å². The second kappa shape index (κ2) is 4.50. The Morgan fingerprint density at radius 3 is 2.65 bits per heavy atom. The molecule has 2 rings (SSSR count). The molecule has 1 atom stereocenters. The number of nitrogens with two attached hydrogens (primary N) is 1. The molecule has 0 aliphatic carbocycles. The van der Waals surface area contributed by atoms with Gasteiger partial charge in [0, 0.05) is 5.69 Å². The molecule has 5 nitrogen and oxygen atoms in total. The van der Waals surface area contributed by atoms with Crippen molar-refractivity contribution in [3.63, 3.8) is 0 Å². The lowest BCUT2D eigenvalue weighted by Gasteiger charge is -2.31. The van der Waals surface area contributed by atoms with Crippen LogP contribution in [0.4, 0.5) is 10.1 Å². The fraction of sp³-hybridized carbons (Fsp3) is 0.273. The quantitative estimate of drug-likeness (QED) is 0.736. The topological polar surface area (TPSA) is 75.4 Å². The third-order valence-corrected chi connectivity index (χ3v) is 2.65. The van der Waals surface area contributed by atoms with Gasteiger partial charge in [-0.05, 0) is 24.3 Å². The number of benzene rings is 1. The summed E-state index contributed by atoms with van der Waals surface area (Å²) in [5.41, 5.74) is 5.74. The Balaban J connectivity index is 2.20. The van der Waals surface area contributed by atoms with Crippen molar-refractivity contribution >= 4 is 17.5 Å². The summed E-state index contributed by atoms with van der Waals surface area (Å²) in [6.07, 6.45) is 0. The number of hydrogen-bond donors (Lipinski definition) is 2. The minimum absolute atomic E-state index is 0.0466. The Kier molecular flexibility index (Phi) is 3.06. The molecular formula is C11H12FN3O2. The van der Waals surface area contributed by atoms with E-state index in [9.17, 15) is 14.0 Å². The monoisotopic (exact) mass is 237 g/mol. The van der Waals surface area contributed by atoms with Gasteiger partial charge in [-0.2, -0.15) is 0 Å². The molecule has 3 N–H and O–H groups in total. The second-order valence-electron chi connectivity index (χ2n) is 3.82. The van der Waals surface area contributed by atoms with Crippen LogP contribution in [0.5, 0.6) is 0 Å². The molecule has 0 aromatic heterocycles. The zero-order chi connectivity index (χ0) is 12.4. The van der Waals surface area contributed by atoms with Crippen molar-refractivity contribution in [2.75, 3.05) is 18.0 Å². The predicted octanol–water partition coefficient (Wildman–Crippen LogP) is -0.384. The molecule has 1 aromatic rings. The van der Waals surface area contributed by atoms with Gasteiger partial charge >= 0.3 is 0 Å². The van der Waals surface area contributed by atoms with Crippen molar-refractivity contribution in [3.05, 3.63) is 30.1 Å². The average molecular weight is 237 g/mol. The van der Waals surface area contributed by atoms with Gasteiger partial charge in [0.05, 0.1) is 13.1 Å². The highest BCUT2D eigenvalue weighted by Crippen LogP contribution is 2.17. The van der Waals surface area contributed by atoms with Crippen molar-refractivity contribution in [2.24, 2.45) is 5.73 Å². The molecular weight excluding hydrogens is 225 g/mol. The number of carbonyl (C=O) groups excluding carboxylic acids is 2. The Bertz CT molecular complexity index is 447. The van der Waals surface area contributed by atoms with Crippen LogP contribution in [-0.2, 0) is 9.59 Å². The number of primary amides is 1. The van der Waals surface area contributed by atoms with Crippen molar-refractivity contribution < 1.29 is 14.0 Å². The summed E-state index contributed by atoms with van der Waals surface area (Å²) >= 11 is 0. The predicted molar refractivity (Wildman–Crippen MR) is 59.7 cm³/mol. The minimum atomic E-state index is -0.572. The van der Waals surface area contributed by atoms with Gasteiger partial charge < -0.3 is 10.6 Å². The normalized spacial score (nSPS) is 20.4. The van der Waals surface area contributed by atoms with Gasteiger partial charge in [0.25, 0.3) is 0 Å². The number of carbonyl (C=O) groups is 2. The van der Waals surface area contributed by atoms with E-state index in [0.29, 0.717) is 5.69 Å². The van der Waals surface area contributed by atoms with Crippen molar-refractivity contribution in [2.45, 2.75) is 6.04 Å². The van der Waals surface area contributed by atoms with E-state index < -0.39 is 11.9 Å². The van der Waals surface area contributed by atoms with Gasteiger partial charge in [-0.3, -0.25) is 14.9 Å². The smallest absolute Gasteiger partial charge is 0.241 e. The zero-order valence-corrected chi connectivity index (χ0v) is 9.02. The van der Waals surface area contributed by atoms with E-state index in [2.05, 4.69) is 5.32 Å². The van der Waals surface area contributed by atoms with Gasteiger partial charge in [-0.25, -0.2) is 4.39 Å². The van der Waals surface area contributed by atoms with Crippen molar-refractivity contribution in [1.82, 2.24) is 5.32 Å². The number of nitrogens with zero attached hydrogens (tertiary/aromatic N) is 1. The molecule has 1 aliphatic rings. The third kappa shape index (κ3) is 2.42. The molecule has 0 spiro atoms. The molecule has 2 amide bonds. The van der Waals surface area contributed by atoms with Gasteiger partial charge in [-0.15, -0.1) is 0 Å². The summed E-state index contributed by atoms with van der Waals surface area (Å²) in [7, 11) is 0. The molecule has 6 heteroatoms. The SMILES string of the molecule is NC(=O)C1CN(c2ccc(F)cc2)C(=O)CN1. The Labute approximate surface area is 97.4 Å². The first-order valence-electron chi connectivity index (χ1n) is 5.16. The number of nitrogens with one attached hydrogen (secondary N) is 1. The summed E-state index contributed by atoms with van der Waals surface area (Å²) in [6.45, 7) is 0.213. The molecule has 90 valence electrons. The van der Waals surface area contributed by atoms with Crippen LogP contribution in [0.25, 0.3) is 0 Å². The maximum atomic E-state index is 12.8. The van der Waals surface area contributed by atoms with E-state index in [1.807, 2.05) is 0 Å². The highest BCUT2D eigenvalue weighted by molar-refractivity contribution is 5.97. The Hall–Kier alpha value is -1.95. The van der Waals surface area contributed by atoms with E-state index in [4.69, 9.17) is 5.73 Å². The van der Waals surface area contributed by atoms with Crippen LogP contribution < -0.4 is 16.0 Å². The Morgan fingerprint density at radius 2 is 2.06 bits per heavy atom. The summed E-state index contributed by atoms with van der Waals surface area (Å²) < 4.78 is 12.8. The molecule has 0 radical (unpaired) electrons. The maximum Gasteiger partial charge on any atom is 0.241 e. The van der Waals surface area contributed by atoms with E-state index >= 15 is 0 Å². The van der Waals surface area contributed by atoms with Gasteiger partial charge in [0.1, 0.15) is 11.9 Å². The van der Waals surface area contributed by atoms with E-state index in [0.717, 1.165) is 0 Å². The molecule has 0 saturated carbocycles. The number of halogens is 1. The first-order chi connectivity index (χ1) is 8.08. The maximum absolute atomic E-state index is 12.8. The highest BCUT2D eigenvalue weighted by atomic mass is 19.1.